The highest BCUT2D eigenvalue weighted by Crippen LogP contribution is 2.39. The average molecular weight is 438 g/mol. The zero-order valence-corrected chi connectivity index (χ0v) is 17.7. The molecule has 0 bridgehead atoms. The molecule has 1 aliphatic rings. The lowest BCUT2D eigenvalue weighted by atomic mass is 10.1. The van der Waals surface area contributed by atoms with Crippen LogP contribution in [0.4, 0.5) is 19.3 Å². The van der Waals surface area contributed by atoms with Gasteiger partial charge in [0.2, 0.25) is 0 Å². The fraction of sp³-hybridized carbons (Fsp3) is 0.333. The molecule has 1 heterocycles. The summed E-state index contributed by atoms with van der Waals surface area (Å²) in [6.45, 7) is 0.355. The number of hydrogen-bond donors (Lipinski definition) is 2. The molecule has 32 heavy (non-hydrogen) atoms. The Labute approximate surface area is 184 Å². The van der Waals surface area contributed by atoms with Crippen molar-refractivity contribution in [1.82, 2.24) is 9.88 Å². The molecule has 1 fully saturated rings. The minimum Gasteiger partial charge on any atom is -0.435 e. The second-order valence-corrected chi connectivity index (χ2v) is 7.91. The molecule has 1 aliphatic carbocycles. The first kappa shape index (κ1) is 21.6. The van der Waals surface area contributed by atoms with Crippen molar-refractivity contribution in [2.45, 2.75) is 39.3 Å². The molecule has 2 amide bonds. The quantitative estimate of drug-likeness (QED) is 0.472. The average Bonchev–Trinajstić information content (AvgIpc) is 3.54. The highest BCUT2D eigenvalue weighted by atomic mass is 19.3. The van der Waals surface area contributed by atoms with Crippen molar-refractivity contribution in [3.05, 3.63) is 48.0 Å². The number of hydrogen-bond acceptors (Lipinski definition) is 3. The van der Waals surface area contributed by atoms with Gasteiger partial charge in [0.05, 0.1) is 16.8 Å². The summed E-state index contributed by atoms with van der Waals surface area (Å²) in [4.78, 5) is 11.9. The third kappa shape index (κ3) is 4.67. The molecule has 3 aromatic rings. The van der Waals surface area contributed by atoms with Crippen LogP contribution < -0.4 is 15.4 Å². The van der Waals surface area contributed by atoms with E-state index in [4.69, 9.17) is 0 Å². The van der Waals surface area contributed by atoms with Crippen molar-refractivity contribution >= 4 is 22.6 Å². The number of benzene rings is 2. The fourth-order valence-electron chi connectivity index (χ4n) is 3.79. The number of ether oxygens (including phenoxy) is 1. The summed E-state index contributed by atoms with van der Waals surface area (Å²) >= 11 is 0. The van der Waals surface area contributed by atoms with Crippen molar-refractivity contribution < 1.29 is 18.3 Å². The van der Waals surface area contributed by atoms with Crippen LogP contribution in [0, 0.1) is 17.2 Å². The molecule has 0 aliphatic heterocycles. The minimum atomic E-state index is -2.91. The highest BCUT2D eigenvalue weighted by molar-refractivity contribution is 5.96. The van der Waals surface area contributed by atoms with Gasteiger partial charge in [-0.3, -0.25) is 0 Å². The van der Waals surface area contributed by atoms with Crippen LogP contribution in [0.1, 0.15) is 31.7 Å². The molecule has 0 unspecified atom stereocenters. The topological polar surface area (TPSA) is 79.1 Å². The summed E-state index contributed by atoms with van der Waals surface area (Å²) in [5.41, 5.74) is 3.38. The van der Waals surface area contributed by atoms with Crippen molar-refractivity contribution in [2.75, 3.05) is 11.9 Å². The van der Waals surface area contributed by atoms with Gasteiger partial charge in [-0.05, 0) is 55.0 Å². The first-order valence-corrected chi connectivity index (χ1v) is 10.7. The van der Waals surface area contributed by atoms with Crippen LogP contribution in [0.3, 0.4) is 0 Å². The van der Waals surface area contributed by atoms with Gasteiger partial charge in [-0.25, -0.2) is 4.79 Å². The number of fused-ring (bicyclic) bond motifs is 1. The molecular weight excluding hydrogens is 414 g/mol. The Bertz CT molecular complexity index is 1160. The molecule has 4 rings (SSSR count). The minimum absolute atomic E-state index is 0.0655. The smallest absolute Gasteiger partial charge is 0.387 e. The van der Waals surface area contributed by atoms with Gasteiger partial charge >= 0.3 is 12.6 Å². The van der Waals surface area contributed by atoms with Crippen LogP contribution in [-0.4, -0.2) is 23.8 Å². The van der Waals surface area contributed by atoms with Gasteiger partial charge in [-0.1, -0.05) is 19.1 Å². The first-order valence-electron chi connectivity index (χ1n) is 10.7. The molecule has 0 atom stereocenters. The SMILES string of the molecule is CCCNC(=O)Nc1ccc(-c2c(C#N)c3ccc(OC(F)F)cc3n2CC2CC2)cc1. The second kappa shape index (κ2) is 9.27. The lowest BCUT2D eigenvalue weighted by Crippen LogP contribution is -2.29. The molecule has 0 spiro atoms. The van der Waals surface area contributed by atoms with Gasteiger partial charge in [0.25, 0.3) is 0 Å². The molecule has 6 nitrogen and oxygen atoms in total. The summed E-state index contributed by atoms with van der Waals surface area (Å²) < 4.78 is 32.1. The number of nitrogens with one attached hydrogen (secondary N) is 2. The van der Waals surface area contributed by atoms with Crippen molar-refractivity contribution in [3.63, 3.8) is 0 Å². The van der Waals surface area contributed by atoms with E-state index in [1.807, 2.05) is 23.6 Å². The number of anilines is 1. The predicted octanol–water partition coefficient (Wildman–Crippen LogP) is 5.72. The van der Waals surface area contributed by atoms with Gasteiger partial charge in [-0.15, -0.1) is 0 Å². The summed E-state index contributed by atoms with van der Waals surface area (Å²) in [6.07, 6.45) is 3.05. The van der Waals surface area contributed by atoms with E-state index < -0.39 is 6.61 Å². The summed E-state index contributed by atoms with van der Waals surface area (Å²) in [5.74, 6) is 0.564. The molecule has 2 aromatic carbocycles. The van der Waals surface area contributed by atoms with E-state index >= 15 is 0 Å². The summed E-state index contributed by atoms with van der Waals surface area (Å²) in [5, 5.41) is 16.2. The Morgan fingerprint density at radius 3 is 2.62 bits per heavy atom. The lowest BCUT2D eigenvalue weighted by molar-refractivity contribution is -0.0497. The van der Waals surface area contributed by atoms with Gasteiger partial charge in [-0.2, -0.15) is 14.0 Å². The number of nitriles is 1. The molecule has 0 radical (unpaired) electrons. The molecule has 1 saturated carbocycles. The van der Waals surface area contributed by atoms with Crippen LogP contribution >= 0.6 is 0 Å². The molecule has 8 heteroatoms. The van der Waals surface area contributed by atoms with Crippen LogP contribution in [0.2, 0.25) is 0 Å². The number of nitrogens with zero attached hydrogens (tertiary/aromatic N) is 2. The maximum Gasteiger partial charge on any atom is 0.387 e. The lowest BCUT2D eigenvalue weighted by Gasteiger charge is -2.12. The Morgan fingerprint density at radius 2 is 2.00 bits per heavy atom. The highest BCUT2D eigenvalue weighted by Gasteiger charge is 2.27. The van der Waals surface area contributed by atoms with Crippen LogP contribution in [-0.2, 0) is 6.54 Å². The third-order valence-corrected chi connectivity index (χ3v) is 5.46. The van der Waals surface area contributed by atoms with Crippen molar-refractivity contribution in [3.8, 4) is 23.1 Å². The van der Waals surface area contributed by atoms with E-state index in [2.05, 4.69) is 21.4 Å². The number of urea groups is 1. The van der Waals surface area contributed by atoms with E-state index in [1.165, 1.54) is 6.07 Å². The van der Waals surface area contributed by atoms with E-state index in [1.54, 1.807) is 24.3 Å². The van der Waals surface area contributed by atoms with Gasteiger partial charge < -0.3 is 19.9 Å². The Kier molecular flexibility index (Phi) is 6.26. The third-order valence-electron chi connectivity index (χ3n) is 5.46. The van der Waals surface area contributed by atoms with Gasteiger partial charge in [0, 0.05) is 30.2 Å². The zero-order valence-electron chi connectivity index (χ0n) is 17.7. The Morgan fingerprint density at radius 1 is 1.25 bits per heavy atom. The summed E-state index contributed by atoms with van der Waals surface area (Å²) in [6, 6.07) is 14.0. The van der Waals surface area contributed by atoms with E-state index in [-0.39, 0.29) is 11.8 Å². The van der Waals surface area contributed by atoms with Crippen LogP contribution in [0.15, 0.2) is 42.5 Å². The number of halogens is 2. The van der Waals surface area contributed by atoms with Crippen molar-refractivity contribution in [1.29, 1.82) is 5.26 Å². The first-order chi connectivity index (χ1) is 15.5. The van der Waals surface area contributed by atoms with E-state index in [0.29, 0.717) is 41.2 Å². The summed E-state index contributed by atoms with van der Waals surface area (Å²) in [7, 11) is 0. The van der Waals surface area contributed by atoms with Crippen LogP contribution in [0.25, 0.3) is 22.2 Å². The standard InChI is InChI=1S/C24H24F2N4O2/c1-2-11-28-24(31)29-17-7-5-16(6-8-17)22-20(13-27)19-10-9-18(32-23(25)26)12-21(19)30(22)14-15-3-4-15/h5-10,12,15,23H,2-4,11,14H2,1H3,(H2,28,29,31). The molecule has 1 aromatic heterocycles. The maximum absolute atomic E-state index is 12.7. The molecule has 2 N–H and O–H groups in total. The maximum atomic E-state index is 12.7. The van der Waals surface area contributed by atoms with Crippen molar-refractivity contribution in [2.24, 2.45) is 5.92 Å². The predicted molar refractivity (Wildman–Crippen MR) is 119 cm³/mol. The number of carbonyl (C=O) groups is 1. The normalized spacial score (nSPS) is 13.2. The number of carbonyl (C=O) groups excluding carboxylic acids is 1. The number of alkyl halides is 2. The fourth-order valence-corrected chi connectivity index (χ4v) is 3.79. The number of rotatable bonds is 8. The Hall–Kier alpha value is -3.60. The zero-order chi connectivity index (χ0) is 22.7. The largest absolute Gasteiger partial charge is 0.435 e. The van der Waals surface area contributed by atoms with Gasteiger partial charge in [0.15, 0.2) is 0 Å². The Balaban J connectivity index is 1.73. The van der Waals surface area contributed by atoms with Gasteiger partial charge in [0.1, 0.15) is 11.8 Å². The van der Waals surface area contributed by atoms with E-state index in [0.717, 1.165) is 30.5 Å². The molecular formula is C24H24F2N4O2. The number of aromatic nitrogens is 1. The van der Waals surface area contributed by atoms with E-state index in [9.17, 15) is 18.8 Å². The monoisotopic (exact) mass is 438 g/mol. The number of amides is 2. The van der Waals surface area contributed by atoms with Crippen LogP contribution in [0.5, 0.6) is 5.75 Å². The molecule has 0 saturated heterocycles. The molecule has 166 valence electrons. The second-order valence-electron chi connectivity index (χ2n) is 7.91.